The van der Waals surface area contributed by atoms with E-state index in [0.717, 1.165) is 22.8 Å². The molecule has 0 aliphatic carbocycles. The van der Waals surface area contributed by atoms with Gasteiger partial charge in [-0.1, -0.05) is 11.6 Å². The number of ether oxygens (including phenoxy) is 1. The van der Waals surface area contributed by atoms with E-state index in [1.807, 2.05) is 25.1 Å². The smallest absolute Gasteiger partial charge is 0.260 e. The molecule has 0 spiro atoms. The van der Waals surface area contributed by atoms with Crippen molar-refractivity contribution in [3.63, 3.8) is 0 Å². The molecular weight excluding hydrogens is 334 g/mol. The molecule has 4 nitrogen and oxygen atoms in total. The molecule has 23 heavy (non-hydrogen) atoms. The van der Waals surface area contributed by atoms with Crippen molar-refractivity contribution in [2.45, 2.75) is 25.7 Å². The van der Waals surface area contributed by atoms with Crippen molar-refractivity contribution in [3.8, 4) is 5.75 Å². The molecule has 2 aromatic rings. The van der Waals surface area contributed by atoms with Gasteiger partial charge in [0.25, 0.3) is 5.91 Å². The Morgan fingerprint density at radius 2 is 2.26 bits per heavy atom. The predicted molar refractivity (Wildman–Crippen MR) is 94.2 cm³/mol. The van der Waals surface area contributed by atoms with Crippen LogP contribution in [0.1, 0.15) is 18.2 Å². The lowest BCUT2D eigenvalue weighted by molar-refractivity contribution is -0.127. The lowest BCUT2D eigenvalue weighted by atomic mass is 10.2. The van der Waals surface area contributed by atoms with Crippen LogP contribution in [0.5, 0.6) is 5.75 Å². The minimum atomic E-state index is -0.550. The second kappa shape index (κ2) is 8.89. The number of benzene rings is 1. The van der Waals surface area contributed by atoms with Crippen molar-refractivity contribution in [3.05, 3.63) is 52.9 Å². The minimum absolute atomic E-state index is 0.129. The summed E-state index contributed by atoms with van der Waals surface area (Å²) in [5, 5.41) is 3.55. The van der Waals surface area contributed by atoms with Crippen LogP contribution in [0, 0.1) is 6.92 Å². The van der Waals surface area contributed by atoms with Crippen LogP contribution in [0.3, 0.4) is 0 Å². The monoisotopic (exact) mass is 353 g/mol. The summed E-state index contributed by atoms with van der Waals surface area (Å²) >= 11 is 7.68. The van der Waals surface area contributed by atoms with Crippen LogP contribution in [0.15, 0.2) is 41.0 Å². The first-order chi connectivity index (χ1) is 11.1. The highest BCUT2D eigenvalue weighted by molar-refractivity contribution is 7.98. The van der Waals surface area contributed by atoms with Crippen LogP contribution in [0.4, 0.5) is 0 Å². The van der Waals surface area contributed by atoms with Gasteiger partial charge >= 0.3 is 0 Å². The molecule has 0 bridgehead atoms. The van der Waals surface area contributed by atoms with E-state index in [4.69, 9.17) is 20.8 Å². The van der Waals surface area contributed by atoms with Crippen molar-refractivity contribution in [2.75, 3.05) is 12.3 Å². The van der Waals surface area contributed by atoms with Gasteiger partial charge in [-0.2, -0.15) is 11.8 Å². The Morgan fingerprint density at radius 3 is 2.96 bits per heavy atom. The van der Waals surface area contributed by atoms with Gasteiger partial charge in [0.15, 0.2) is 6.10 Å². The average molecular weight is 354 g/mol. The van der Waals surface area contributed by atoms with Gasteiger partial charge < -0.3 is 14.5 Å². The highest BCUT2D eigenvalue weighted by Crippen LogP contribution is 2.21. The van der Waals surface area contributed by atoms with Crippen molar-refractivity contribution >= 4 is 29.3 Å². The molecule has 0 saturated carbocycles. The Balaban J connectivity index is 1.67. The first-order valence-electron chi connectivity index (χ1n) is 7.37. The largest absolute Gasteiger partial charge is 0.481 e. The maximum Gasteiger partial charge on any atom is 0.260 e. The number of carbonyl (C=O) groups is 1. The van der Waals surface area contributed by atoms with Crippen LogP contribution in [0.25, 0.3) is 0 Å². The van der Waals surface area contributed by atoms with Gasteiger partial charge in [0.1, 0.15) is 11.5 Å². The highest BCUT2D eigenvalue weighted by atomic mass is 35.5. The number of thioether (sulfide) groups is 1. The Morgan fingerprint density at radius 1 is 1.43 bits per heavy atom. The summed E-state index contributed by atoms with van der Waals surface area (Å²) in [7, 11) is 0. The maximum atomic E-state index is 12.0. The summed E-state index contributed by atoms with van der Waals surface area (Å²) < 4.78 is 10.9. The number of amides is 1. The van der Waals surface area contributed by atoms with E-state index in [0.29, 0.717) is 17.3 Å². The van der Waals surface area contributed by atoms with Crippen LogP contribution in [-0.2, 0) is 10.5 Å². The number of aryl methyl sites for hydroxylation is 1. The molecule has 0 aliphatic heterocycles. The SMILES string of the molecule is Cc1cc(OC(C)C(=O)NCCSCc2ccco2)ccc1Cl. The fraction of sp³-hybridized carbons (Fsp3) is 0.353. The molecule has 1 atom stereocenters. The van der Waals surface area contributed by atoms with Gasteiger partial charge in [-0.05, 0) is 49.7 Å². The van der Waals surface area contributed by atoms with Gasteiger partial charge in [-0.25, -0.2) is 0 Å². The lowest BCUT2D eigenvalue weighted by Crippen LogP contribution is -2.37. The first-order valence-corrected chi connectivity index (χ1v) is 8.90. The zero-order valence-electron chi connectivity index (χ0n) is 13.2. The van der Waals surface area contributed by atoms with E-state index >= 15 is 0 Å². The molecule has 6 heteroatoms. The number of rotatable bonds is 8. The third-order valence-corrected chi connectivity index (χ3v) is 4.59. The summed E-state index contributed by atoms with van der Waals surface area (Å²) in [6.07, 6.45) is 1.11. The molecule has 1 N–H and O–H groups in total. The van der Waals surface area contributed by atoms with E-state index in [1.54, 1.807) is 37.1 Å². The molecule has 2 rings (SSSR count). The van der Waals surface area contributed by atoms with Gasteiger partial charge in [0.05, 0.1) is 12.0 Å². The molecule has 1 amide bonds. The van der Waals surface area contributed by atoms with E-state index in [1.165, 1.54) is 0 Å². The van der Waals surface area contributed by atoms with Gasteiger partial charge in [0.2, 0.25) is 0 Å². The third-order valence-electron chi connectivity index (χ3n) is 3.18. The fourth-order valence-corrected chi connectivity index (χ4v) is 2.78. The minimum Gasteiger partial charge on any atom is -0.481 e. The molecule has 1 unspecified atom stereocenters. The molecule has 1 heterocycles. The molecular formula is C17H20ClNO3S. The average Bonchev–Trinajstić information content (AvgIpc) is 3.03. The summed E-state index contributed by atoms with van der Waals surface area (Å²) in [6.45, 7) is 4.23. The first kappa shape index (κ1) is 17.8. The molecule has 1 aromatic heterocycles. The lowest BCUT2D eigenvalue weighted by Gasteiger charge is -2.15. The summed E-state index contributed by atoms with van der Waals surface area (Å²) in [5.74, 6) is 3.08. The van der Waals surface area contributed by atoms with Crippen molar-refractivity contribution in [2.24, 2.45) is 0 Å². The second-order valence-corrected chi connectivity index (χ2v) is 6.61. The van der Waals surface area contributed by atoms with Crippen molar-refractivity contribution < 1.29 is 13.9 Å². The number of carbonyl (C=O) groups excluding carboxylic acids is 1. The van der Waals surface area contributed by atoms with Crippen LogP contribution in [0.2, 0.25) is 5.02 Å². The third kappa shape index (κ3) is 5.84. The predicted octanol–water partition coefficient (Wildman–Crippen LogP) is 4.06. The van der Waals surface area contributed by atoms with Crippen LogP contribution < -0.4 is 10.1 Å². The molecule has 0 saturated heterocycles. The summed E-state index contributed by atoms with van der Waals surface area (Å²) in [6, 6.07) is 9.16. The van der Waals surface area contributed by atoms with Gasteiger partial charge in [0, 0.05) is 17.3 Å². The quantitative estimate of drug-likeness (QED) is 0.727. The van der Waals surface area contributed by atoms with Crippen molar-refractivity contribution in [1.29, 1.82) is 0 Å². The van der Waals surface area contributed by atoms with Crippen LogP contribution in [-0.4, -0.2) is 24.3 Å². The van der Waals surface area contributed by atoms with E-state index in [-0.39, 0.29) is 5.91 Å². The summed E-state index contributed by atoms with van der Waals surface area (Å²) in [4.78, 5) is 12.0. The molecule has 1 aromatic carbocycles. The zero-order valence-corrected chi connectivity index (χ0v) is 14.7. The number of hydrogen-bond donors (Lipinski definition) is 1. The fourth-order valence-electron chi connectivity index (χ4n) is 1.91. The number of hydrogen-bond acceptors (Lipinski definition) is 4. The standard InChI is InChI=1S/C17H20ClNO3S/c1-12-10-14(5-6-16(12)18)22-13(2)17(20)19-7-9-23-11-15-4-3-8-21-15/h3-6,8,10,13H,7,9,11H2,1-2H3,(H,19,20). The maximum absolute atomic E-state index is 12.0. The van der Waals surface area contributed by atoms with Crippen LogP contribution >= 0.6 is 23.4 Å². The van der Waals surface area contributed by atoms with E-state index < -0.39 is 6.10 Å². The Kier molecular flexibility index (Phi) is 6.86. The Labute approximate surface area is 145 Å². The summed E-state index contributed by atoms with van der Waals surface area (Å²) in [5.41, 5.74) is 0.922. The number of furan rings is 1. The highest BCUT2D eigenvalue weighted by Gasteiger charge is 2.14. The van der Waals surface area contributed by atoms with E-state index in [9.17, 15) is 4.79 Å². The van der Waals surface area contributed by atoms with Gasteiger partial charge in [-0.3, -0.25) is 4.79 Å². The van der Waals surface area contributed by atoms with Crippen molar-refractivity contribution in [1.82, 2.24) is 5.32 Å². The molecule has 0 radical (unpaired) electrons. The van der Waals surface area contributed by atoms with E-state index in [2.05, 4.69) is 5.32 Å². The number of halogens is 1. The molecule has 124 valence electrons. The zero-order chi connectivity index (χ0) is 16.7. The topological polar surface area (TPSA) is 51.5 Å². The Hall–Kier alpha value is -1.59. The van der Waals surface area contributed by atoms with Gasteiger partial charge in [-0.15, -0.1) is 0 Å². The Bertz CT molecular complexity index is 631. The second-order valence-electron chi connectivity index (χ2n) is 5.09. The number of nitrogens with one attached hydrogen (secondary N) is 1. The molecule has 0 fully saturated rings. The molecule has 0 aliphatic rings. The normalized spacial score (nSPS) is 12.0.